The lowest BCUT2D eigenvalue weighted by Gasteiger charge is -2.25. The highest BCUT2D eigenvalue weighted by Crippen LogP contribution is 2.34. The number of hydrogen-bond acceptors (Lipinski definition) is 8. The molecule has 0 amide bonds. The highest BCUT2D eigenvalue weighted by Gasteiger charge is 2.46. The van der Waals surface area contributed by atoms with Crippen molar-refractivity contribution in [3.8, 4) is 0 Å². The van der Waals surface area contributed by atoms with E-state index in [0.29, 0.717) is 12.8 Å². The summed E-state index contributed by atoms with van der Waals surface area (Å²) in [5.41, 5.74) is 0.964. The van der Waals surface area contributed by atoms with Crippen LogP contribution in [0, 0.1) is 0 Å². The number of epoxide rings is 1. The van der Waals surface area contributed by atoms with Crippen molar-refractivity contribution in [1.29, 1.82) is 0 Å². The zero-order valence-electron chi connectivity index (χ0n) is 20.4. The molecule has 1 saturated heterocycles. The number of cyclic esters (lactones) is 1. The van der Waals surface area contributed by atoms with Crippen LogP contribution in [0.25, 0.3) is 0 Å². The number of ketones is 1. The van der Waals surface area contributed by atoms with Gasteiger partial charge < -0.3 is 29.2 Å². The van der Waals surface area contributed by atoms with Crippen molar-refractivity contribution in [2.24, 2.45) is 0 Å². The molecular formula is C28H36O8. The van der Waals surface area contributed by atoms with Crippen molar-refractivity contribution in [1.82, 2.24) is 0 Å². The molecule has 4 aliphatic rings. The van der Waals surface area contributed by atoms with Crippen molar-refractivity contribution in [2.75, 3.05) is 0 Å². The fourth-order valence-electron chi connectivity index (χ4n) is 4.81. The molecule has 4 rings (SSSR count). The van der Waals surface area contributed by atoms with E-state index in [0.717, 1.165) is 31.3 Å². The number of esters is 1. The van der Waals surface area contributed by atoms with Gasteiger partial charge in [0.05, 0.1) is 37.1 Å². The Kier molecular flexibility index (Phi) is 9.31. The van der Waals surface area contributed by atoms with Gasteiger partial charge in [0.25, 0.3) is 0 Å². The zero-order valence-corrected chi connectivity index (χ0v) is 20.4. The Labute approximate surface area is 211 Å². The number of carbonyl (C=O) groups is 2. The number of aliphatic hydroxyl groups excluding tert-OH is 2. The fourth-order valence-corrected chi connectivity index (χ4v) is 4.81. The van der Waals surface area contributed by atoms with Crippen LogP contribution in [0.1, 0.15) is 51.4 Å². The van der Waals surface area contributed by atoms with Crippen LogP contribution >= 0.6 is 0 Å². The van der Waals surface area contributed by atoms with E-state index in [-0.39, 0.29) is 36.9 Å². The Bertz CT molecular complexity index is 919. The van der Waals surface area contributed by atoms with Crippen LogP contribution in [-0.4, -0.2) is 70.8 Å². The second-order valence-electron chi connectivity index (χ2n) is 9.89. The lowest BCUT2D eigenvalue weighted by Crippen LogP contribution is -2.32. The van der Waals surface area contributed by atoms with Gasteiger partial charge in [-0.25, -0.2) is 4.79 Å². The maximum atomic E-state index is 12.6. The number of rotatable bonds is 3. The molecule has 0 aliphatic carbocycles. The molecule has 2 bridgehead atoms. The molecule has 0 radical (unpaired) electrons. The minimum Gasteiger partial charge on any atom is -0.493 e. The standard InChI is InChI=1S/C28H36O8/c1-18-5-2-6-20-7-3-8-21(34-20)9-4-10-27(32)35-25(17-26-28(36-26)24(31)15-18)23(30)12-11-22-16-19(29)13-14-33-22/h3-4,8,10-14,20-26,28,30-31H,1-2,5-7,9,15-17H2/b10-4-,12-11+/t20-,21+,22?,23+,24+,25?,26+,28+/m1/s1. The molecule has 0 aromatic carbocycles. The molecule has 4 aliphatic heterocycles. The first-order valence-corrected chi connectivity index (χ1v) is 12.8. The molecule has 0 saturated carbocycles. The van der Waals surface area contributed by atoms with Crippen LogP contribution < -0.4 is 0 Å². The molecule has 36 heavy (non-hydrogen) atoms. The van der Waals surface area contributed by atoms with E-state index >= 15 is 0 Å². The summed E-state index contributed by atoms with van der Waals surface area (Å²) in [5, 5.41) is 21.4. The molecule has 196 valence electrons. The first-order chi connectivity index (χ1) is 17.4. The molecule has 0 aromatic heterocycles. The normalized spacial score (nSPS) is 37.8. The quantitative estimate of drug-likeness (QED) is 0.345. The fraction of sp³-hybridized carbons (Fsp3) is 0.571. The number of carbonyl (C=O) groups excluding carboxylic acids is 2. The van der Waals surface area contributed by atoms with Gasteiger partial charge in [-0.1, -0.05) is 36.5 Å². The van der Waals surface area contributed by atoms with Crippen molar-refractivity contribution >= 4 is 11.8 Å². The summed E-state index contributed by atoms with van der Waals surface area (Å²) >= 11 is 0. The lowest BCUT2D eigenvalue weighted by atomic mass is 9.97. The molecular weight excluding hydrogens is 464 g/mol. The molecule has 8 nitrogen and oxygen atoms in total. The van der Waals surface area contributed by atoms with Gasteiger partial charge in [-0.05, 0) is 44.6 Å². The van der Waals surface area contributed by atoms with Crippen LogP contribution in [0.15, 0.2) is 60.9 Å². The van der Waals surface area contributed by atoms with Crippen LogP contribution in [0.5, 0.6) is 0 Å². The molecule has 4 heterocycles. The predicted octanol–water partition coefficient (Wildman–Crippen LogP) is 3.00. The third-order valence-electron chi connectivity index (χ3n) is 6.84. The molecule has 0 aromatic rings. The molecule has 2 N–H and O–H groups in total. The topological polar surface area (TPSA) is 115 Å². The van der Waals surface area contributed by atoms with Gasteiger partial charge in [-0.3, -0.25) is 4.79 Å². The van der Waals surface area contributed by atoms with Crippen LogP contribution in [-0.2, 0) is 28.5 Å². The Morgan fingerprint density at radius 2 is 1.97 bits per heavy atom. The summed E-state index contributed by atoms with van der Waals surface area (Å²) in [4.78, 5) is 24.1. The van der Waals surface area contributed by atoms with Crippen LogP contribution in [0.4, 0.5) is 0 Å². The molecule has 8 atom stereocenters. The second kappa shape index (κ2) is 12.6. The number of ether oxygens (including phenoxy) is 4. The largest absolute Gasteiger partial charge is 0.493 e. The zero-order chi connectivity index (χ0) is 25.5. The Morgan fingerprint density at radius 3 is 2.81 bits per heavy atom. The molecule has 1 fully saturated rings. The first kappa shape index (κ1) is 26.5. The third kappa shape index (κ3) is 8.00. The minimum atomic E-state index is -1.14. The van der Waals surface area contributed by atoms with Gasteiger partial charge in [0.2, 0.25) is 0 Å². The Morgan fingerprint density at radius 1 is 1.11 bits per heavy atom. The highest BCUT2D eigenvalue weighted by molar-refractivity contribution is 5.90. The van der Waals surface area contributed by atoms with E-state index in [1.807, 2.05) is 6.08 Å². The molecule has 2 unspecified atom stereocenters. The van der Waals surface area contributed by atoms with Crippen molar-refractivity contribution < 1.29 is 38.7 Å². The van der Waals surface area contributed by atoms with E-state index in [9.17, 15) is 19.8 Å². The van der Waals surface area contributed by atoms with Gasteiger partial charge in [-0.2, -0.15) is 0 Å². The number of fused-ring (bicyclic) bond motifs is 3. The van der Waals surface area contributed by atoms with Crippen molar-refractivity contribution in [3.05, 3.63) is 60.9 Å². The smallest absolute Gasteiger partial charge is 0.330 e. The maximum absolute atomic E-state index is 12.6. The first-order valence-electron chi connectivity index (χ1n) is 12.8. The number of hydrogen-bond donors (Lipinski definition) is 2. The van der Waals surface area contributed by atoms with Gasteiger partial charge in [-0.15, -0.1) is 0 Å². The van der Waals surface area contributed by atoms with Gasteiger partial charge in [0, 0.05) is 18.6 Å². The monoisotopic (exact) mass is 500 g/mol. The van der Waals surface area contributed by atoms with Crippen molar-refractivity contribution in [2.45, 2.75) is 100 Å². The average Bonchev–Trinajstić information content (AvgIpc) is 3.61. The lowest BCUT2D eigenvalue weighted by molar-refractivity contribution is -0.148. The van der Waals surface area contributed by atoms with Gasteiger partial charge in [0.1, 0.15) is 24.4 Å². The summed E-state index contributed by atoms with van der Waals surface area (Å²) in [6.07, 6.45) is 13.9. The summed E-state index contributed by atoms with van der Waals surface area (Å²) in [6, 6.07) is 0. The molecule has 0 spiro atoms. The average molecular weight is 501 g/mol. The summed E-state index contributed by atoms with van der Waals surface area (Å²) < 4.78 is 22.8. The minimum absolute atomic E-state index is 0.0638. The second-order valence-corrected chi connectivity index (χ2v) is 9.89. The highest BCUT2D eigenvalue weighted by atomic mass is 16.6. The van der Waals surface area contributed by atoms with E-state index in [4.69, 9.17) is 18.9 Å². The molecule has 8 heteroatoms. The van der Waals surface area contributed by atoms with Crippen molar-refractivity contribution in [3.63, 3.8) is 0 Å². The van der Waals surface area contributed by atoms with E-state index in [1.165, 1.54) is 24.5 Å². The van der Waals surface area contributed by atoms with Crippen LogP contribution in [0.2, 0.25) is 0 Å². The Balaban J connectivity index is 1.43. The maximum Gasteiger partial charge on any atom is 0.330 e. The van der Waals surface area contributed by atoms with E-state index in [1.54, 1.807) is 12.2 Å². The summed E-state index contributed by atoms with van der Waals surface area (Å²) in [5.74, 6) is -0.644. The summed E-state index contributed by atoms with van der Waals surface area (Å²) in [6.45, 7) is 4.12. The van der Waals surface area contributed by atoms with Crippen LogP contribution in [0.3, 0.4) is 0 Å². The third-order valence-corrected chi connectivity index (χ3v) is 6.84. The predicted molar refractivity (Wildman–Crippen MR) is 132 cm³/mol. The van der Waals surface area contributed by atoms with Gasteiger partial charge in [0.15, 0.2) is 5.78 Å². The summed E-state index contributed by atoms with van der Waals surface area (Å²) in [7, 11) is 0. The van der Waals surface area contributed by atoms with Gasteiger partial charge >= 0.3 is 5.97 Å². The van der Waals surface area contributed by atoms with E-state index in [2.05, 4.69) is 12.7 Å². The number of aliphatic hydroxyl groups is 2. The SMILES string of the molecule is C=C1CCC[C@@H]2CC=C[C@@H](C/C=C\C(=O)OC([C@@H](O)/C=C/C3CC(=O)C=CO3)C[C@@H]3O[C@H]3[C@@H](O)C1)O2. The van der Waals surface area contributed by atoms with E-state index < -0.39 is 36.5 Å². The Hall–Kier alpha value is -2.52. The number of allylic oxidation sites excluding steroid dienone is 1.